The first-order valence-corrected chi connectivity index (χ1v) is 11.7. The molecule has 3 aromatic rings. The van der Waals surface area contributed by atoms with Crippen LogP contribution >= 0.6 is 15.9 Å². The Morgan fingerprint density at radius 1 is 0.914 bits per heavy atom. The van der Waals surface area contributed by atoms with Crippen molar-refractivity contribution in [3.63, 3.8) is 0 Å². The lowest BCUT2D eigenvalue weighted by Gasteiger charge is -2.12. The highest BCUT2D eigenvalue weighted by Crippen LogP contribution is 2.29. The standard InChI is InChI=1S/C26H26BrN3O5/c1-3-34-24-14-20(8-13-23(24)35-17-19-4-9-21(27)10-5-19)16-29-30-26(32)25(31)28-15-18-6-11-22(33-2)12-7-18/h4-14,16H,3,15,17H2,1-2H3,(H,28,31)(H,30,32)/b29-16-. The Morgan fingerprint density at radius 2 is 1.63 bits per heavy atom. The Morgan fingerprint density at radius 3 is 2.31 bits per heavy atom. The molecule has 0 saturated heterocycles. The zero-order valence-corrected chi connectivity index (χ0v) is 21.0. The predicted molar refractivity (Wildman–Crippen MR) is 137 cm³/mol. The van der Waals surface area contributed by atoms with Crippen molar-refractivity contribution in [3.8, 4) is 17.2 Å². The summed E-state index contributed by atoms with van der Waals surface area (Å²) in [6.07, 6.45) is 1.43. The minimum absolute atomic E-state index is 0.208. The predicted octanol–water partition coefficient (Wildman–Crippen LogP) is 4.20. The second kappa shape index (κ2) is 13.1. The molecule has 0 atom stereocenters. The Bertz CT molecular complexity index is 1160. The summed E-state index contributed by atoms with van der Waals surface area (Å²) in [7, 11) is 1.58. The van der Waals surface area contributed by atoms with Crippen LogP contribution in [0, 0.1) is 0 Å². The largest absolute Gasteiger partial charge is 0.497 e. The van der Waals surface area contributed by atoms with Crippen molar-refractivity contribution in [1.82, 2.24) is 10.7 Å². The molecule has 182 valence electrons. The molecular formula is C26H26BrN3O5. The number of amides is 2. The summed E-state index contributed by atoms with van der Waals surface area (Å²) >= 11 is 3.42. The molecule has 3 rings (SSSR count). The number of benzene rings is 3. The molecule has 0 unspecified atom stereocenters. The van der Waals surface area contributed by atoms with Crippen LogP contribution in [0.5, 0.6) is 17.2 Å². The quantitative estimate of drug-likeness (QED) is 0.228. The van der Waals surface area contributed by atoms with Crippen LogP contribution in [-0.4, -0.2) is 31.7 Å². The summed E-state index contributed by atoms with van der Waals surface area (Å²) in [6, 6.07) is 20.3. The molecule has 0 aliphatic heterocycles. The summed E-state index contributed by atoms with van der Waals surface area (Å²) in [5, 5.41) is 6.41. The minimum atomic E-state index is -0.866. The average Bonchev–Trinajstić information content (AvgIpc) is 2.88. The van der Waals surface area contributed by atoms with Crippen LogP contribution in [-0.2, 0) is 22.7 Å². The smallest absolute Gasteiger partial charge is 0.329 e. The lowest BCUT2D eigenvalue weighted by Crippen LogP contribution is -2.37. The monoisotopic (exact) mass is 539 g/mol. The Kier molecular flexibility index (Phi) is 9.68. The molecule has 35 heavy (non-hydrogen) atoms. The maximum absolute atomic E-state index is 12.0. The fourth-order valence-electron chi connectivity index (χ4n) is 2.96. The Balaban J connectivity index is 1.52. The zero-order valence-electron chi connectivity index (χ0n) is 19.4. The lowest BCUT2D eigenvalue weighted by atomic mass is 10.2. The van der Waals surface area contributed by atoms with Gasteiger partial charge < -0.3 is 19.5 Å². The van der Waals surface area contributed by atoms with Gasteiger partial charge in [-0.3, -0.25) is 9.59 Å². The fourth-order valence-corrected chi connectivity index (χ4v) is 3.22. The number of nitrogens with one attached hydrogen (secondary N) is 2. The van der Waals surface area contributed by atoms with E-state index in [1.807, 2.05) is 31.2 Å². The number of carbonyl (C=O) groups is 2. The molecule has 2 amide bonds. The third-order valence-corrected chi connectivity index (χ3v) is 5.30. The molecular weight excluding hydrogens is 514 g/mol. The number of halogens is 1. The van der Waals surface area contributed by atoms with Gasteiger partial charge in [0.2, 0.25) is 0 Å². The molecule has 8 nitrogen and oxygen atoms in total. The van der Waals surface area contributed by atoms with E-state index in [1.165, 1.54) is 6.21 Å². The zero-order chi connectivity index (χ0) is 25.0. The summed E-state index contributed by atoms with van der Waals surface area (Å²) < 4.78 is 17.7. The number of carbonyl (C=O) groups excluding carboxylic acids is 2. The molecule has 0 fully saturated rings. The maximum Gasteiger partial charge on any atom is 0.329 e. The van der Waals surface area contributed by atoms with Gasteiger partial charge in [-0.05, 0) is 66.1 Å². The molecule has 0 bridgehead atoms. The van der Waals surface area contributed by atoms with Crippen molar-refractivity contribution in [2.45, 2.75) is 20.1 Å². The average molecular weight is 540 g/mol. The van der Waals surface area contributed by atoms with E-state index in [1.54, 1.807) is 49.6 Å². The first-order chi connectivity index (χ1) is 17.0. The molecule has 3 aromatic carbocycles. The van der Waals surface area contributed by atoms with Gasteiger partial charge in [-0.2, -0.15) is 5.10 Å². The van der Waals surface area contributed by atoms with Crippen LogP contribution in [0.3, 0.4) is 0 Å². The highest BCUT2D eigenvalue weighted by molar-refractivity contribution is 9.10. The van der Waals surface area contributed by atoms with Crippen molar-refractivity contribution < 1.29 is 23.8 Å². The van der Waals surface area contributed by atoms with Crippen molar-refractivity contribution >= 4 is 34.0 Å². The molecule has 0 aliphatic carbocycles. The topological polar surface area (TPSA) is 98.2 Å². The van der Waals surface area contributed by atoms with Crippen LogP contribution in [0.4, 0.5) is 0 Å². The Hall–Kier alpha value is -3.85. The first-order valence-electron chi connectivity index (χ1n) is 10.9. The number of rotatable bonds is 10. The van der Waals surface area contributed by atoms with E-state index in [2.05, 4.69) is 31.8 Å². The van der Waals surface area contributed by atoms with Crippen LogP contribution in [0.25, 0.3) is 0 Å². The maximum atomic E-state index is 12.0. The van der Waals surface area contributed by atoms with Gasteiger partial charge in [0.1, 0.15) is 12.4 Å². The second-order valence-corrected chi connectivity index (χ2v) is 8.20. The molecule has 0 aromatic heterocycles. The summed E-state index contributed by atoms with van der Waals surface area (Å²) in [5.74, 6) is 0.203. The van der Waals surface area contributed by atoms with E-state index in [0.29, 0.717) is 36.0 Å². The van der Waals surface area contributed by atoms with Gasteiger partial charge in [0.05, 0.1) is 19.9 Å². The van der Waals surface area contributed by atoms with E-state index >= 15 is 0 Å². The highest BCUT2D eigenvalue weighted by Gasteiger charge is 2.12. The van der Waals surface area contributed by atoms with Gasteiger partial charge in [0.25, 0.3) is 0 Å². The van der Waals surface area contributed by atoms with Gasteiger partial charge in [0, 0.05) is 11.0 Å². The number of methoxy groups -OCH3 is 1. The Labute approximate surface area is 212 Å². The third-order valence-electron chi connectivity index (χ3n) is 4.77. The third kappa shape index (κ3) is 8.15. The summed E-state index contributed by atoms with van der Waals surface area (Å²) in [6.45, 7) is 2.94. The molecule has 2 N–H and O–H groups in total. The van der Waals surface area contributed by atoms with Gasteiger partial charge in [-0.1, -0.05) is 40.2 Å². The van der Waals surface area contributed by atoms with Crippen LogP contribution in [0.15, 0.2) is 76.3 Å². The number of nitrogens with zero attached hydrogens (tertiary/aromatic N) is 1. The van der Waals surface area contributed by atoms with Crippen molar-refractivity contribution in [2.75, 3.05) is 13.7 Å². The summed E-state index contributed by atoms with van der Waals surface area (Å²) in [5.41, 5.74) is 4.75. The van der Waals surface area contributed by atoms with Crippen molar-refractivity contribution in [1.29, 1.82) is 0 Å². The number of ether oxygens (including phenoxy) is 3. The van der Waals surface area contributed by atoms with E-state index < -0.39 is 11.8 Å². The normalized spacial score (nSPS) is 10.6. The van der Waals surface area contributed by atoms with E-state index in [9.17, 15) is 9.59 Å². The molecule has 0 saturated carbocycles. The first kappa shape index (κ1) is 25.8. The van der Waals surface area contributed by atoms with Crippen LogP contribution in [0.1, 0.15) is 23.6 Å². The lowest BCUT2D eigenvalue weighted by molar-refractivity contribution is -0.139. The van der Waals surface area contributed by atoms with E-state index in [-0.39, 0.29) is 6.54 Å². The number of hydrazone groups is 1. The van der Waals surface area contributed by atoms with Crippen molar-refractivity contribution in [3.05, 3.63) is 87.9 Å². The second-order valence-electron chi connectivity index (χ2n) is 7.28. The van der Waals surface area contributed by atoms with E-state index in [4.69, 9.17) is 14.2 Å². The number of hydrogen-bond donors (Lipinski definition) is 2. The fraction of sp³-hybridized carbons (Fsp3) is 0.192. The molecule has 0 radical (unpaired) electrons. The molecule has 9 heteroatoms. The highest BCUT2D eigenvalue weighted by atomic mass is 79.9. The van der Waals surface area contributed by atoms with Crippen LogP contribution < -0.4 is 25.0 Å². The van der Waals surface area contributed by atoms with Gasteiger partial charge in [-0.25, -0.2) is 5.43 Å². The van der Waals surface area contributed by atoms with Gasteiger partial charge >= 0.3 is 11.8 Å². The summed E-state index contributed by atoms with van der Waals surface area (Å²) in [4.78, 5) is 24.0. The van der Waals surface area contributed by atoms with E-state index in [0.717, 1.165) is 15.6 Å². The molecule has 0 heterocycles. The number of hydrogen-bond acceptors (Lipinski definition) is 6. The minimum Gasteiger partial charge on any atom is -0.497 e. The van der Waals surface area contributed by atoms with Gasteiger partial charge in [-0.15, -0.1) is 0 Å². The van der Waals surface area contributed by atoms with Gasteiger partial charge in [0.15, 0.2) is 11.5 Å². The molecule has 0 spiro atoms. The molecule has 0 aliphatic rings. The van der Waals surface area contributed by atoms with Crippen LogP contribution in [0.2, 0.25) is 0 Å². The SMILES string of the molecule is CCOc1cc(/C=N\NC(=O)C(=O)NCc2ccc(OC)cc2)ccc1OCc1ccc(Br)cc1. The van der Waals surface area contributed by atoms with Crippen molar-refractivity contribution in [2.24, 2.45) is 5.10 Å².